The number of amides is 1. The number of likely N-dealkylation sites (N-methyl/N-ethyl adjacent to an activating group) is 1. The number of rotatable bonds is 7. The van der Waals surface area contributed by atoms with Gasteiger partial charge in [0, 0.05) is 24.2 Å². The molecular weight excluding hydrogens is 543 g/mol. The van der Waals surface area contributed by atoms with Crippen LogP contribution in [0.5, 0.6) is 0 Å². The van der Waals surface area contributed by atoms with Gasteiger partial charge in [-0.15, -0.1) is 0 Å². The Labute approximate surface area is 223 Å². The number of imidazole rings is 1. The molecule has 204 valence electrons. The second-order valence-corrected chi connectivity index (χ2v) is 9.22. The number of alkyl halides is 3. The summed E-state index contributed by atoms with van der Waals surface area (Å²) in [5.74, 6) is 0.336. The van der Waals surface area contributed by atoms with Crippen molar-refractivity contribution in [3.05, 3.63) is 59.4 Å². The molecular formula is C23H21ClF3N9O3. The molecule has 12 nitrogen and oxygen atoms in total. The largest absolute Gasteiger partial charge is 0.416 e. The van der Waals surface area contributed by atoms with Gasteiger partial charge in [0.2, 0.25) is 6.41 Å². The first-order valence-electron chi connectivity index (χ1n) is 11.5. The average Bonchev–Trinajstić information content (AvgIpc) is 3.41. The van der Waals surface area contributed by atoms with Gasteiger partial charge in [-0.2, -0.15) is 13.2 Å². The Kier molecular flexibility index (Phi) is 7.07. The third-order valence-corrected chi connectivity index (χ3v) is 6.53. The molecule has 0 unspecified atom stereocenters. The highest BCUT2D eigenvalue weighted by molar-refractivity contribution is 6.30. The minimum atomic E-state index is -4.53. The smallest absolute Gasteiger partial charge is 0.387 e. The zero-order chi connectivity index (χ0) is 27.9. The summed E-state index contributed by atoms with van der Waals surface area (Å²) in [5.41, 5.74) is 0.182. The topological polar surface area (TPSA) is 154 Å². The third kappa shape index (κ3) is 5.08. The normalized spacial score (nSPS) is 21.8. The fourth-order valence-electron chi connectivity index (χ4n) is 4.48. The summed E-state index contributed by atoms with van der Waals surface area (Å²) >= 11 is 6.11. The van der Waals surface area contributed by atoms with Crippen LogP contribution >= 0.6 is 11.6 Å². The number of aliphatic hydroxyl groups excluding tert-OH is 2. The van der Waals surface area contributed by atoms with E-state index in [1.165, 1.54) is 23.3 Å². The van der Waals surface area contributed by atoms with E-state index in [0.29, 0.717) is 17.0 Å². The predicted octanol–water partition coefficient (Wildman–Crippen LogP) is 1.81. The fraction of sp³-hybridized carbons (Fsp3) is 0.304. The Morgan fingerprint density at radius 3 is 2.67 bits per heavy atom. The molecule has 4 aromatic heterocycles. The van der Waals surface area contributed by atoms with Gasteiger partial charge in [-0.3, -0.25) is 24.2 Å². The number of nitrogens with zero attached hydrogens (tertiary/aromatic N) is 7. The molecule has 5 heterocycles. The molecule has 1 saturated heterocycles. The number of hydrogen-bond donors (Lipinski definition) is 4. The number of anilines is 1. The van der Waals surface area contributed by atoms with E-state index in [4.69, 9.17) is 11.6 Å². The van der Waals surface area contributed by atoms with Crippen molar-refractivity contribution in [3.63, 3.8) is 0 Å². The lowest BCUT2D eigenvalue weighted by molar-refractivity contribution is -0.137. The van der Waals surface area contributed by atoms with Gasteiger partial charge in [0.05, 0.1) is 29.2 Å². The number of aromatic nitrogens is 6. The molecule has 1 amide bonds. The molecule has 0 aromatic carbocycles. The summed E-state index contributed by atoms with van der Waals surface area (Å²) < 4.78 is 41.0. The maximum atomic E-state index is 13.2. The van der Waals surface area contributed by atoms with Crippen molar-refractivity contribution in [2.45, 2.75) is 37.3 Å². The predicted molar refractivity (Wildman–Crippen MR) is 132 cm³/mol. The van der Waals surface area contributed by atoms with Crippen LogP contribution in [0.4, 0.5) is 19.0 Å². The van der Waals surface area contributed by atoms with Crippen LogP contribution in [0.2, 0.25) is 5.02 Å². The van der Waals surface area contributed by atoms with E-state index >= 15 is 0 Å². The SMILES string of the molecule is CN1[C@H](NC=O)[C@@H](O)[C@@H](O)[C@@H]1n1cnc2c(NCc3cc(C(F)(F)F)ccn3)nc(-c3cncc(Cl)c3)nc21. The van der Waals surface area contributed by atoms with E-state index in [9.17, 15) is 28.2 Å². The van der Waals surface area contributed by atoms with Gasteiger partial charge in [0.1, 0.15) is 24.5 Å². The van der Waals surface area contributed by atoms with Crippen LogP contribution in [0.3, 0.4) is 0 Å². The summed E-state index contributed by atoms with van der Waals surface area (Å²) in [6.45, 7) is -0.119. The molecule has 1 fully saturated rings. The minimum Gasteiger partial charge on any atom is -0.387 e. The van der Waals surface area contributed by atoms with Crippen molar-refractivity contribution in [2.24, 2.45) is 0 Å². The van der Waals surface area contributed by atoms with E-state index in [2.05, 4.69) is 35.6 Å². The van der Waals surface area contributed by atoms with E-state index in [-0.39, 0.29) is 35.0 Å². The fourth-order valence-corrected chi connectivity index (χ4v) is 4.65. The number of pyridine rings is 2. The van der Waals surface area contributed by atoms with Gasteiger partial charge in [-0.25, -0.2) is 15.0 Å². The zero-order valence-corrected chi connectivity index (χ0v) is 20.8. The molecule has 4 atom stereocenters. The zero-order valence-electron chi connectivity index (χ0n) is 20.1. The molecule has 4 N–H and O–H groups in total. The van der Waals surface area contributed by atoms with E-state index < -0.39 is 36.3 Å². The molecule has 1 aliphatic heterocycles. The van der Waals surface area contributed by atoms with Crippen LogP contribution in [-0.2, 0) is 17.5 Å². The molecule has 0 saturated carbocycles. The number of carbonyl (C=O) groups excluding carboxylic acids is 1. The first-order chi connectivity index (χ1) is 18.6. The molecule has 16 heteroatoms. The summed E-state index contributed by atoms with van der Waals surface area (Å²) in [5, 5.41) is 27.1. The standard InChI is InChI=1S/C23H21ClF3N9O3/c1-35-21(32-10-37)16(38)17(39)22(35)36-9-31-15-19(30-8-14-5-12(2-3-29-14)23(25,26)27)33-18(34-20(15)36)11-4-13(24)7-28-6-11/h2-7,9-10,16-17,21-22,38-39H,8H2,1H3,(H,32,37)(H,30,33,34)/t16-,17+,21-,22-/m0/s1. The molecule has 1 aliphatic rings. The molecule has 0 aliphatic carbocycles. The lowest BCUT2D eigenvalue weighted by atomic mass is 10.2. The highest BCUT2D eigenvalue weighted by Gasteiger charge is 2.47. The number of halogens is 4. The Hall–Kier alpha value is -3.92. The quantitative estimate of drug-likeness (QED) is 0.245. The first kappa shape index (κ1) is 26.7. The first-order valence-corrected chi connectivity index (χ1v) is 11.9. The van der Waals surface area contributed by atoms with Crippen LogP contribution in [0.1, 0.15) is 17.4 Å². The van der Waals surface area contributed by atoms with Crippen molar-refractivity contribution >= 4 is 35.0 Å². The van der Waals surface area contributed by atoms with Crippen molar-refractivity contribution in [3.8, 4) is 11.4 Å². The van der Waals surface area contributed by atoms with Crippen LogP contribution in [0, 0.1) is 0 Å². The average molecular weight is 564 g/mol. The Morgan fingerprint density at radius 2 is 1.95 bits per heavy atom. The van der Waals surface area contributed by atoms with E-state index in [1.54, 1.807) is 18.0 Å². The lowest BCUT2D eigenvalue weighted by Crippen LogP contribution is -2.45. The molecule has 0 radical (unpaired) electrons. The number of nitrogens with one attached hydrogen (secondary N) is 2. The van der Waals surface area contributed by atoms with E-state index in [1.807, 2.05) is 0 Å². The highest BCUT2D eigenvalue weighted by Crippen LogP contribution is 2.34. The molecule has 0 bridgehead atoms. The Bertz CT molecular complexity index is 1520. The van der Waals surface area contributed by atoms with Crippen molar-refractivity contribution in [1.82, 2.24) is 39.7 Å². The number of fused-ring (bicyclic) bond motifs is 1. The Balaban J connectivity index is 1.58. The molecule has 39 heavy (non-hydrogen) atoms. The second kappa shape index (κ2) is 10.3. The summed E-state index contributed by atoms with van der Waals surface area (Å²) in [6, 6.07) is 3.39. The second-order valence-electron chi connectivity index (χ2n) is 8.79. The number of aliphatic hydroxyl groups is 2. The molecule has 0 spiro atoms. The van der Waals surface area contributed by atoms with E-state index in [0.717, 1.165) is 18.3 Å². The van der Waals surface area contributed by atoms with Gasteiger partial charge in [-0.05, 0) is 25.2 Å². The van der Waals surface area contributed by atoms with Gasteiger partial charge in [0.25, 0.3) is 0 Å². The van der Waals surface area contributed by atoms with Crippen molar-refractivity contribution in [1.29, 1.82) is 0 Å². The maximum Gasteiger partial charge on any atom is 0.416 e. The molecule has 5 rings (SSSR count). The summed E-state index contributed by atoms with van der Waals surface area (Å²) in [7, 11) is 1.60. The monoisotopic (exact) mass is 563 g/mol. The van der Waals surface area contributed by atoms with Crippen LogP contribution in [0.15, 0.2) is 43.1 Å². The van der Waals surface area contributed by atoms with Gasteiger partial charge in [-0.1, -0.05) is 11.6 Å². The lowest BCUT2D eigenvalue weighted by Gasteiger charge is -2.26. The van der Waals surface area contributed by atoms with Crippen molar-refractivity contribution < 1.29 is 28.2 Å². The highest BCUT2D eigenvalue weighted by atomic mass is 35.5. The summed E-state index contributed by atoms with van der Waals surface area (Å²) in [4.78, 5) is 34.1. The van der Waals surface area contributed by atoms with Gasteiger partial charge < -0.3 is 20.8 Å². The third-order valence-electron chi connectivity index (χ3n) is 6.32. The number of carbonyl (C=O) groups is 1. The van der Waals surface area contributed by atoms with Crippen LogP contribution < -0.4 is 10.6 Å². The summed E-state index contributed by atoms with van der Waals surface area (Å²) in [6.07, 6.45) is -3.17. The van der Waals surface area contributed by atoms with Crippen LogP contribution in [0.25, 0.3) is 22.6 Å². The number of hydrogen-bond acceptors (Lipinski definition) is 10. The van der Waals surface area contributed by atoms with Gasteiger partial charge in [0.15, 0.2) is 22.8 Å². The Morgan fingerprint density at radius 1 is 1.15 bits per heavy atom. The van der Waals surface area contributed by atoms with Crippen LogP contribution in [-0.4, -0.2) is 76.4 Å². The molecule has 4 aromatic rings. The number of likely N-dealkylation sites (tertiary alicyclic amines) is 1. The van der Waals surface area contributed by atoms with Crippen molar-refractivity contribution in [2.75, 3.05) is 12.4 Å². The minimum absolute atomic E-state index is 0.110. The maximum absolute atomic E-state index is 13.2. The van der Waals surface area contributed by atoms with Gasteiger partial charge >= 0.3 is 6.18 Å².